The van der Waals surface area contributed by atoms with Crippen molar-refractivity contribution >= 4 is 17.7 Å². The first-order chi connectivity index (χ1) is 14.8. The fourth-order valence-electron chi connectivity index (χ4n) is 3.46. The zero-order valence-corrected chi connectivity index (χ0v) is 19.2. The van der Waals surface area contributed by atoms with Crippen molar-refractivity contribution in [2.45, 2.75) is 52.0 Å². The third-order valence-corrected chi connectivity index (χ3v) is 5.27. The number of nitrogens with zero attached hydrogens (tertiary/aromatic N) is 3. The van der Waals surface area contributed by atoms with E-state index in [1.807, 2.05) is 25.1 Å². The standard InChI is InChI=1S/C23H35N5O3/c1-6-7-18(14-29)26-22-19(15(2)25-23(24)27-22)13-17-10-8-16(12-20(17)31-5)9-11-21(30)28(3)4/h8,10,12,18,29H,6-7,9,11,13-14H2,1-5H3,(H3,24,25,26,27). The van der Waals surface area contributed by atoms with Gasteiger partial charge >= 0.3 is 0 Å². The van der Waals surface area contributed by atoms with E-state index in [1.54, 1.807) is 26.1 Å². The number of nitrogens with two attached hydrogens (primary N) is 1. The first kappa shape index (κ1) is 24.4. The van der Waals surface area contributed by atoms with Gasteiger partial charge in [-0.05, 0) is 37.0 Å². The van der Waals surface area contributed by atoms with Crippen LogP contribution < -0.4 is 15.8 Å². The second kappa shape index (κ2) is 11.5. The highest BCUT2D eigenvalue weighted by Gasteiger charge is 2.17. The summed E-state index contributed by atoms with van der Waals surface area (Å²) in [5.74, 6) is 1.69. The number of nitrogen functional groups attached to an aromatic ring is 1. The summed E-state index contributed by atoms with van der Waals surface area (Å²) in [5, 5.41) is 13.0. The van der Waals surface area contributed by atoms with Gasteiger partial charge in [0.1, 0.15) is 11.6 Å². The number of benzene rings is 1. The van der Waals surface area contributed by atoms with E-state index < -0.39 is 0 Å². The molecule has 170 valence electrons. The number of ether oxygens (including phenoxy) is 1. The van der Waals surface area contributed by atoms with Crippen LogP contribution in [0.5, 0.6) is 5.75 Å². The molecule has 0 bridgehead atoms. The number of amides is 1. The van der Waals surface area contributed by atoms with Gasteiger partial charge in [-0.2, -0.15) is 4.98 Å². The summed E-state index contributed by atoms with van der Waals surface area (Å²) < 4.78 is 5.64. The lowest BCUT2D eigenvalue weighted by atomic mass is 9.99. The maximum Gasteiger partial charge on any atom is 0.222 e. The maximum atomic E-state index is 11.9. The van der Waals surface area contributed by atoms with Gasteiger partial charge in [0, 0.05) is 38.2 Å². The number of aryl methyl sites for hydroxylation is 2. The SMILES string of the molecule is CCCC(CO)Nc1nc(N)nc(C)c1Cc1ccc(CCC(=O)N(C)C)cc1OC. The predicted octanol–water partition coefficient (Wildman–Crippen LogP) is 2.56. The van der Waals surface area contributed by atoms with Crippen molar-refractivity contribution in [3.05, 3.63) is 40.6 Å². The molecule has 31 heavy (non-hydrogen) atoms. The first-order valence-electron chi connectivity index (χ1n) is 10.6. The first-order valence-corrected chi connectivity index (χ1v) is 10.6. The predicted molar refractivity (Wildman–Crippen MR) is 123 cm³/mol. The van der Waals surface area contributed by atoms with Gasteiger partial charge in [0.05, 0.1) is 19.8 Å². The summed E-state index contributed by atoms with van der Waals surface area (Å²) in [6.45, 7) is 3.99. The third kappa shape index (κ3) is 6.82. The molecule has 1 aromatic carbocycles. The quantitative estimate of drug-likeness (QED) is 0.503. The number of carbonyl (C=O) groups excluding carboxylic acids is 1. The Morgan fingerprint density at radius 3 is 2.68 bits per heavy atom. The lowest BCUT2D eigenvalue weighted by Gasteiger charge is -2.20. The highest BCUT2D eigenvalue weighted by molar-refractivity contribution is 5.75. The number of methoxy groups -OCH3 is 1. The molecule has 0 fully saturated rings. The Bertz CT molecular complexity index is 886. The van der Waals surface area contributed by atoms with Crippen molar-refractivity contribution in [2.24, 2.45) is 0 Å². The average molecular weight is 430 g/mol. The molecule has 0 aliphatic heterocycles. The van der Waals surface area contributed by atoms with Gasteiger partial charge in [-0.1, -0.05) is 25.5 Å². The smallest absolute Gasteiger partial charge is 0.222 e. The number of anilines is 2. The Morgan fingerprint density at radius 2 is 2.06 bits per heavy atom. The molecule has 8 heteroatoms. The van der Waals surface area contributed by atoms with Crippen molar-refractivity contribution in [3.8, 4) is 5.75 Å². The van der Waals surface area contributed by atoms with Crippen molar-refractivity contribution in [1.29, 1.82) is 0 Å². The lowest BCUT2D eigenvalue weighted by molar-refractivity contribution is -0.128. The number of aromatic nitrogens is 2. The number of aliphatic hydroxyl groups is 1. The van der Waals surface area contributed by atoms with Crippen molar-refractivity contribution in [2.75, 3.05) is 38.9 Å². The van der Waals surface area contributed by atoms with Gasteiger partial charge in [0.25, 0.3) is 0 Å². The highest BCUT2D eigenvalue weighted by atomic mass is 16.5. The third-order valence-electron chi connectivity index (χ3n) is 5.27. The fourth-order valence-corrected chi connectivity index (χ4v) is 3.46. The number of carbonyl (C=O) groups is 1. The molecule has 8 nitrogen and oxygen atoms in total. The summed E-state index contributed by atoms with van der Waals surface area (Å²) in [6, 6.07) is 5.92. The van der Waals surface area contributed by atoms with Gasteiger partial charge in [-0.25, -0.2) is 4.98 Å². The van der Waals surface area contributed by atoms with E-state index in [0.717, 1.165) is 41.0 Å². The Morgan fingerprint density at radius 1 is 1.32 bits per heavy atom. The van der Waals surface area contributed by atoms with Crippen LogP contribution in [0.15, 0.2) is 18.2 Å². The molecule has 1 amide bonds. The Balaban J connectivity index is 2.29. The van der Waals surface area contributed by atoms with Crippen molar-refractivity contribution < 1.29 is 14.6 Å². The lowest BCUT2D eigenvalue weighted by Crippen LogP contribution is -2.25. The molecule has 1 unspecified atom stereocenters. The number of hydrogen-bond donors (Lipinski definition) is 3. The van der Waals surface area contributed by atoms with Crippen LogP contribution >= 0.6 is 0 Å². The van der Waals surface area contributed by atoms with Crippen LogP contribution in [-0.2, 0) is 17.6 Å². The monoisotopic (exact) mass is 429 g/mol. The average Bonchev–Trinajstić information content (AvgIpc) is 2.74. The minimum atomic E-state index is -0.101. The van der Waals surface area contributed by atoms with Gasteiger partial charge in [-0.3, -0.25) is 4.79 Å². The summed E-state index contributed by atoms with van der Waals surface area (Å²) in [6.07, 6.45) is 3.42. The van der Waals surface area contributed by atoms with E-state index in [2.05, 4.69) is 22.2 Å². The molecule has 1 heterocycles. The van der Waals surface area contributed by atoms with Gasteiger partial charge in [0.15, 0.2) is 0 Å². The van der Waals surface area contributed by atoms with E-state index in [-0.39, 0.29) is 24.5 Å². The van der Waals surface area contributed by atoms with Crippen LogP contribution in [0.1, 0.15) is 48.6 Å². The normalized spacial score (nSPS) is 11.8. The van der Waals surface area contributed by atoms with E-state index in [0.29, 0.717) is 25.1 Å². The van der Waals surface area contributed by atoms with Crippen LogP contribution in [-0.4, -0.2) is 59.7 Å². The molecule has 4 N–H and O–H groups in total. The summed E-state index contributed by atoms with van der Waals surface area (Å²) >= 11 is 0. The van der Waals surface area contributed by atoms with Gasteiger partial charge in [0.2, 0.25) is 11.9 Å². The van der Waals surface area contributed by atoms with E-state index >= 15 is 0 Å². The second-order valence-corrected chi connectivity index (χ2v) is 7.92. The highest BCUT2D eigenvalue weighted by Crippen LogP contribution is 2.28. The largest absolute Gasteiger partial charge is 0.496 e. The van der Waals surface area contributed by atoms with Crippen LogP contribution in [0, 0.1) is 6.92 Å². The molecule has 2 rings (SSSR count). The molecular weight excluding hydrogens is 394 g/mol. The fraction of sp³-hybridized carbons (Fsp3) is 0.522. The molecule has 0 saturated heterocycles. The topological polar surface area (TPSA) is 114 Å². The number of nitrogens with one attached hydrogen (secondary N) is 1. The number of rotatable bonds is 11. The number of hydrogen-bond acceptors (Lipinski definition) is 7. The summed E-state index contributed by atoms with van der Waals surface area (Å²) in [7, 11) is 5.16. The molecule has 1 atom stereocenters. The zero-order valence-electron chi connectivity index (χ0n) is 19.2. The maximum absolute atomic E-state index is 11.9. The minimum Gasteiger partial charge on any atom is -0.496 e. The molecule has 0 spiro atoms. The molecule has 1 aromatic heterocycles. The van der Waals surface area contributed by atoms with Crippen LogP contribution in [0.25, 0.3) is 0 Å². The number of aliphatic hydroxyl groups excluding tert-OH is 1. The minimum absolute atomic E-state index is 0.0138. The van der Waals surface area contributed by atoms with Crippen LogP contribution in [0.4, 0.5) is 11.8 Å². The van der Waals surface area contributed by atoms with Crippen LogP contribution in [0.3, 0.4) is 0 Å². The summed E-state index contributed by atoms with van der Waals surface area (Å²) in [5.41, 5.74) is 9.62. The Hall–Kier alpha value is -2.87. The van der Waals surface area contributed by atoms with Gasteiger partial charge in [-0.15, -0.1) is 0 Å². The molecule has 0 aliphatic rings. The Labute approximate surface area is 184 Å². The van der Waals surface area contributed by atoms with Crippen molar-refractivity contribution in [1.82, 2.24) is 14.9 Å². The molecular formula is C23H35N5O3. The van der Waals surface area contributed by atoms with Gasteiger partial charge < -0.3 is 25.8 Å². The molecule has 0 saturated carbocycles. The molecule has 2 aromatic rings. The van der Waals surface area contributed by atoms with Crippen LogP contribution in [0.2, 0.25) is 0 Å². The van der Waals surface area contributed by atoms with Crippen molar-refractivity contribution in [3.63, 3.8) is 0 Å². The summed E-state index contributed by atoms with van der Waals surface area (Å²) in [4.78, 5) is 22.2. The second-order valence-electron chi connectivity index (χ2n) is 7.92. The molecule has 0 radical (unpaired) electrons. The molecule has 0 aliphatic carbocycles. The zero-order chi connectivity index (χ0) is 23.0. The van der Waals surface area contributed by atoms with E-state index in [4.69, 9.17) is 10.5 Å². The Kier molecular flexibility index (Phi) is 9.05. The van der Waals surface area contributed by atoms with E-state index in [1.165, 1.54) is 0 Å². The van der Waals surface area contributed by atoms with E-state index in [9.17, 15) is 9.90 Å².